The first-order valence-corrected chi connectivity index (χ1v) is 6.29. The largest absolute Gasteiger partial charge is 0.488 e. The van der Waals surface area contributed by atoms with E-state index in [4.69, 9.17) is 14.7 Å². The molecule has 0 aliphatic heterocycles. The summed E-state index contributed by atoms with van der Waals surface area (Å²) in [6.07, 6.45) is 0. The van der Waals surface area contributed by atoms with Crippen molar-refractivity contribution in [3.63, 3.8) is 0 Å². The first-order chi connectivity index (χ1) is 8.35. The lowest BCUT2D eigenvalue weighted by molar-refractivity contribution is -0.0166. The van der Waals surface area contributed by atoms with Crippen molar-refractivity contribution in [1.82, 2.24) is 0 Å². The lowest BCUT2D eigenvalue weighted by atomic mass is 10.2. The van der Waals surface area contributed by atoms with Gasteiger partial charge in [0.05, 0.1) is 22.2 Å². The van der Waals surface area contributed by atoms with E-state index in [2.05, 4.69) is 15.9 Å². The summed E-state index contributed by atoms with van der Waals surface area (Å²) >= 11 is 3.02. The van der Waals surface area contributed by atoms with E-state index in [-0.39, 0.29) is 28.0 Å². The number of nitriles is 1. The Bertz CT molecular complexity index is 463. The number of halogens is 2. The molecule has 98 valence electrons. The summed E-state index contributed by atoms with van der Waals surface area (Å²) in [4.78, 5) is 0. The Balaban J connectivity index is 2.59. The van der Waals surface area contributed by atoms with E-state index in [1.165, 1.54) is 12.1 Å². The zero-order valence-electron chi connectivity index (χ0n) is 10.6. The second-order valence-corrected chi connectivity index (χ2v) is 5.45. The molecule has 0 radical (unpaired) electrons. The average Bonchev–Trinajstić information content (AvgIpc) is 2.28. The van der Waals surface area contributed by atoms with Crippen LogP contribution < -0.4 is 4.74 Å². The third-order valence-corrected chi connectivity index (χ3v) is 2.82. The van der Waals surface area contributed by atoms with Crippen molar-refractivity contribution >= 4 is 15.9 Å². The van der Waals surface area contributed by atoms with E-state index < -0.39 is 5.82 Å². The smallest absolute Gasteiger partial charge is 0.180 e. The van der Waals surface area contributed by atoms with Gasteiger partial charge in [0, 0.05) is 0 Å². The van der Waals surface area contributed by atoms with E-state index in [9.17, 15) is 4.39 Å². The molecule has 0 heterocycles. The topological polar surface area (TPSA) is 42.2 Å². The van der Waals surface area contributed by atoms with Crippen molar-refractivity contribution in [2.24, 2.45) is 0 Å². The van der Waals surface area contributed by atoms with Crippen LogP contribution in [-0.2, 0) is 4.74 Å². The van der Waals surface area contributed by atoms with E-state index in [1.807, 2.05) is 26.8 Å². The minimum absolute atomic E-state index is 0.110. The molecule has 1 rings (SSSR count). The van der Waals surface area contributed by atoms with Crippen molar-refractivity contribution in [2.45, 2.75) is 26.4 Å². The fourth-order valence-corrected chi connectivity index (χ4v) is 1.65. The minimum Gasteiger partial charge on any atom is -0.488 e. The molecule has 0 aliphatic rings. The van der Waals surface area contributed by atoms with Crippen molar-refractivity contribution in [1.29, 1.82) is 5.26 Å². The molecule has 0 spiro atoms. The minimum atomic E-state index is -0.565. The Morgan fingerprint density at radius 3 is 2.56 bits per heavy atom. The van der Waals surface area contributed by atoms with Crippen LogP contribution in [0.25, 0.3) is 0 Å². The fraction of sp³-hybridized carbons (Fsp3) is 0.462. The molecular formula is C13H15BrFNO2. The van der Waals surface area contributed by atoms with E-state index in [0.29, 0.717) is 6.61 Å². The maximum absolute atomic E-state index is 13.7. The first-order valence-electron chi connectivity index (χ1n) is 5.50. The summed E-state index contributed by atoms with van der Waals surface area (Å²) in [5.41, 5.74) is -0.00143. The third kappa shape index (κ3) is 4.28. The van der Waals surface area contributed by atoms with Gasteiger partial charge in [-0.05, 0) is 48.8 Å². The molecule has 0 fully saturated rings. The summed E-state index contributed by atoms with van der Waals surface area (Å²) in [5.74, 6) is -0.455. The van der Waals surface area contributed by atoms with Gasteiger partial charge >= 0.3 is 0 Å². The Hall–Kier alpha value is -1.12. The molecule has 18 heavy (non-hydrogen) atoms. The predicted octanol–water partition coefficient (Wildman–Crippen LogP) is 3.65. The quantitative estimate of drug-likeness (QED) is 0.796. The average molecular weight is 316 g/mol. The van der Waals surface area contributed by atoms with Crippen LogP contribution in [-0.4, -0.2) is 18.8 Å². The van der Waals surface area contributed by atoms with Crippen LogP contribution in [0.3, 0.4) is 0 Å². The highest BCUT2D eigenvalue weighted by Crippen LogP contribution is 2.28. The Labute approximate surface area is 115 Å². The van der Waals surface area contributed by atoms with E-state index in [0.717, 1.165) is 0 Å². The van der Waals surface area contributed by atoms with E-state index >= 15 is 0 Å². The molecule has 0 N–H and O–H groups in total. The Morgan fingerprint density at radius 1 is 1.33 bits per heavy atom. The molecule has 0 unspecified atom stereocenters. The standard InChI is InChI=1S/C13H15BrFNO2/c1-13(2,3)18-7-6-17-10-5-4-9(8-16)11(14)12(10)15/h4-5H,6-7H2,1-3H3. The molecule has 0 atom stereocenters. The summed E-state index contributed by atoms with van der Waals surface area (Å²) in [6.45, 7) is 6.44. The van der Waals surface area contributed by atoms with Crippen molar-refractivity contribution in [3.8, 4) is 11.8 Å². The summed E-state index contributed by atoms with van der Waals surface area (Å²) in [7, 11) is 0. The number of ether oxygens (including phenoxy) is 2. The number of hydrogen-bond acceptors (Lipinski definition) is 3. The maximum Gasteiger partial charge on any atom is 0.180 e. The van der Waals surface area contributed by atoms with Crippen molar-refractivity contribution in [2.75, 3.05) is 13.2 Å². The van der Waals surface area contributed by atoms with Crippen LogP contribution in [0.1, 0.15) is 26.3 Å². The molecule has 3 nitrogen and oxygen atoms in total. The highest BCUT2D eigenvalue weighted by atomic mass is 79.9. The fourth-order valence-electron chi connectivity index (χ4n) is 1.23. The Kier molecular flexibility index (Phi) is 5.12. The van der Waals surface area contributed by atoms with Gasteiger partial charge in [0.25, 0.3) is 0 Å². The third-order valence-electron chi connectivity index (χ3n) is 2.04. The van der Waals surface area contributed by atoms with Gasteiger partial charge < -0.3 is 9.47 Å². The van der Waals surface area contributed by atoms with Crippen molar-refractivity contribution < 1.29 is 13.9 Å². The van der Waals surface area contributed by atoms with Crippen LogP contribution in [0.4, 0.5) is 4.39 Å². The van der Waals surface area contributed by atoms with Crippen LogP contribution in [0.15, 0.2) is 16.6 Å². The van der Waals surface area contributed by atoms with Gasteiger partial charge in [-0.3, -0.25) is 0 Å². The molecular weight excluding hydrogens is 301 g/mol. The molecule has 1 aromatic rings. The second-order valence-electron chi connectivity index (χ2n) is 4.66. The SMILES string of the molecule is CC(C)(C)OCCOc1ccc(C#N)c(Br)c1F. The normalized spacial score (nSPS) is 11.1. The van der Waals surface area contributed by atoms with Gasteiger partial charge in [-0.15, -0.1) is 0 Å². The molecule has 0 saturated heterocycles. The van der Waals surface area contributed by atoms with Gasteiger partial charge in [0.1, 0.15) is 12.7 Å². The molecule has 5 heteroatoms. The monoisotopic (exact) mass is 315 g/mol. The van der Waals surface area contributed by atoms with Crippen LogP contribution in [0.5, 0.6) is 5.75 Å². The summed E-state index contributed by atoms with van der Waals surface area (Å²) in [6, 6.07) is 4.83. The molecule has 0 aromatic heterocycles. The molecule has 0 aliphatic carbocycles. The van der Waals surface area contributed by atoms with Gasteiger partial charge in [-0.25, -0.2) is 4.39 Å². The number of hydrogen-bond donors (Lipinski definition) is 0. The van der Waals surface area contributed by atoms with Gasteiger partial charge in [-0.1, -0.05) is 0 Å². The molecule has 0 bridgehead atoms. The molecule has 1 aromatic carbocycles. The van der Waals surface area contributed by atoms with Gasteiger partial charge in [0.15, 0.2) is 11.6 Å². The maximum atomic E-state index is 13.7. The first kappa shape index (κ1) is 14.9. The lowest BCUT2D eigenvalue weighted by Crippen LogP contribution is -2.22. The van der Waals surface area contributed by atoms with Crippen LogP contribution in [0.2, 0.25) is 0 Å². The number of rotatable bonds is 4. The summed E-state index contributed by atoms with van der Waals surface area (Å²) in [5, 5.41) is 8.73. The molecule has 0 saturated carbocycles. The highest BCUT2D eigenvalue weighted by molar-refractivity contribution is 9.10. The van der Waals surface area contributed by atoms with E-state index in [1.54, 1.807) is 0 Å². The lowest BCUT2D eigenvalue weighted by Gasteiger charge is -2.19. The summed E-state index contributed by atoms with van der Waals surface area (Å²) < 4.78 is 24.6. The second kappa shape index (κ2) is 6.17. The van der Waals surface area contributed by atoms with Gasteiger partial charge in [-0.2, -0.15) is 5.26 Å². The van der Waals surface area contributed by atoms with Gasteiger partial charge in [0.2, 0.25) is 0 Å². The zero-order chi connectivity index (χ0) is 13.8. The number of benzene rings is 1. The number of nitrogens with zero attached hydrogens (tertiary/aromatic N) is 1. The van der Waals surface area contributed by atoms with Crippen molar-refractivity contribution in [3.05, 3.63) is 28.0 Å². The predicted molar refractivity (Wildman–Crippen MR) is 70.0 cm³/mol. The zero-order valence-corrected chi connectivity index (χ0v) is 12.2. The van der Waals surface area contributed by atoms with Crippen LogP contribution >= 0.6 is 15.9 Å². The molecule has 0 amide bonds. The highest BCUT2D eigenvalue weighted by Gasteiger charge is 2.13. The Morgan fingerprint density at radius 2 is 2.00 bits per heavy atom. The van der Waals surface area contributed by atoms with Crippen LogP contribution in [0, 0.1) is 17.1 Å².